The minimum atomic E-state index is -3.59. The van der Waals surface area contributed by atoms with Gasteiger partial charge in [0, 0.05) is 57.8 Å². The fraction of sp³-hybridized carbons (Fsp3) is 0.333. The summed E-state index contributed by atoms with van der Waals surface area (Å²) < 4.78 is 25.6. The van der Waals surface area contributed by atoms with E-state index in [0.717, 1.165) is 42.5 Å². The molecule has 7 nitrogen and oxygen atoms in total. The molecule has 2 aromatic carbocycles. The number of nitrogens with one attached hydrogen (secondary N) is 1. The summed E-state index contributed by atoms with van der Waals surface area (Å²) in [6.45, 7) is 2.69. The lowest BCUT2D eigenvalue weighted by molar-refractivity contribution is 0.0954. The molecule has 0 atom stereocenters. The van der Waals surface area contributed by atoms with Crippen molar-refractivity contribution in [3.05, 3.63) is 65.7 Å². The van der Waals surface area contributed by atoms with E-state index in [1.165, 1.54) is 31.8 Å². The number of likely N-dealkylation sites (tertiary alicyclic amines) is 1. The van der Waals surface area contributed by atoms with Crippen molar-refractivity contribution in [2.24, 2.45) is 5.10 Å². The van der Waals surface area contributed by atoms with Crippen LogP contribution in [-0.2, 0) is 16.6 Å². The molecule has 0 aromatic heterocycles. The first-order chi connectivity index (χ1) is 13.9. The Morgan fingerprint density at radius 1 is 1.07 bits per heavy atom. The number of piperidine rings is 1. The van der Waals surface area contributed by atoms with E-state index in [-0.39, 0.29) is 10.5 Å². The molecule has 1 amide bonds. The summed E-state index contributed by atoms with van der Waals surface area (Å²) in [6, 6.07) is 16.3. The van der Waals surface area contributed by atoms with Crippen molar-refractivity contribution in [1.29, 1.82) is 0 Å². The third kappa shape index (κ3) is 5.50. The van der Waals surface area contributed by atoms with Crippen LogP contribution < -0.4 is 5.43 Å². The number of hydrogen-bond donors (Lipinski definition) is 1. The van der Waals surface area contributed by atoms with Gasteiger partial charge in [-0.2, -0.15) is 5.10 Å². The molecule has 1 N–H and O–H groups in total. The Labute approximate surface area is 172 Å². The highest BCUT2D eigenvalue weighted by Gasteiger charge is 2.19. The van der Waals surface area contributed by atoms with Crippen LogP contribution in [0.15, 0.2) is 64.6 Å². The van der Waals surface area contributed by atoms with Gasteiger partial charge in [0.2, 0.25) is 10.0 Å². The van der Waals surface area contributed by atoms with Gasteiger partial charge in [-0.15, -0.1) is 0 Å². The molecule has 0 radical (unpaired) electrons. The lowest BCUT2D eigenvalue weighted by Crippen LogP contribution is -2.34. The molecular weight excluding hydrogens is 388 g/mol. The molecule has 3 rings (SSSR count). The Balaban J connectivity index is 1.56. The average molecular weight is 415 g/mol. The largest absolute Gasteiger partial charge is 0.298 e. The number of sulfonamides is 1. The van der Waals surface area contributed by atoms with Crippen LogP contribution >= 0.6 is 0 Å². The summed E-state index contributed by atoms with van der Waals surface area (Å²) in [7, 11) is -0.675. The normalized spacial score (nSPS) is 15.3. The number of hydrazone groups is 1. The molecular formula is C21H26N4O3S. The van der Waals surface area contributed by atoms with E-state index in [1.807, 2.05) is 18.2 Å². The van der Waals surface area contributed by atoms with Crippen molar-refractivity contribution in [2.45, 2.75) is 24.3 Å². The molecule has 0 unspecified atom stereocenters. The number of carbonyl (C=O) groups is 1. The topological polar surface area (TPSA) is 82.1 Å². The first-order valence-electron chi connectivity index (χ1n) is 9.51. The molecule has 8 heteroatoms. The maximum atomic E-state index is 12.4. The second kappa shape index (κ2) is 9.30. The Hall–Kier alpha value is -2.55. The first-order valence-corrected chi connectivity index (χ1v) is 10.9. The minimum Gasteiger partial charge on any atom is -0.298 e. The van der Waals surface area contributed by atoms with E-state index in [2.05, 4.69) is 27.6 Å². The molecule has 154 valence electrons. The summed E-state index contributed by atoms with van der Waals surface area (Å²) in [5, 5.41) is 4.26. The number of carbonyl (C=O) groups excluding carboxylic acids is 1. The standard InChI is InChI=1S/C21H26N4O3S/c1-24(2)29(27,28)20-10-6-9-18(15-20)21(26)23-22-19-11-13-25(14-12-19)16-17-7-4-3-5-8-17/h3-10,15H,11-14,16H2,1-2H3,(H,23,26). The quantitative estimate of drug-likeness (QED) is 0.736. The van der Waals surface area contributed by atoms with Crippen LogP contribution in [0, 0.1) is 0 Å². The first kappa shape index (κ1) is 21.2. The van der Waals surface area contributed by atoms with E-state index < -0.39 is 15.9 Å². The monoisotopic (exact) mass is 414 g/mol. The number of benzene rings is 2. The van der Waals surface area contributed by atoms with Crippen LogP contribution in [0.3, 0.4) is 0 Å². The van der Waals surface area contributed by atoms with E-state index >= 15 is 0 Å². The lowest BCUT2D eigenvalue weighted by Gasteiger charge is -2.27. The van der Waals surface area contributed by atoms with Gasteiger partial charge in [-0.3, -0.25) is 9.69 Å². The van der Waals surface area contributed by atoms with Gasteiger partial charge in [0.05, 0.1) is 4.90 Å². The molecule has 1 saturated heterocycles. The van der Waals surface area contributed by atoms with Gasteiger partial charge in [0.1, 0.15) is 0 Å². The Morgan fingerprint density at radius 3 is 2.41 bits per heavy atom. The minimum absolute atomic E-state index is 0.0806. The molecule has 0 saturated carbocycles. The van der Waals surface area contributed by atoms with Crippen LogP contribution in [0.5, 0.6) is 0 Å². The number of rotatable bonds is 6. The van der Waals surface area contributed by atoms with Crippen molar-refractivity contribution in [3.63, 3.8) is 0 Å². The maximum Gasteiger partial charge on any atom is 0.271 e. The summed E-state index contributed by atoms with van der Waals surface area (Å²) in [4.78, 5) is 14.9. The van der Waals surface area contributed by atoms with E-state index in [1.54, 1.807) is 12.1 Å². The second-order valence-corrected chi connectivity index (χ2v) is 9.35. The van der Waals surface area contributed by atoms with Gasteiger partial charge in [0.25, 0.3) is 5.91 Å². The van der Waals surface area contributed by atoms with Crippen molar-refractivity contribution >= 4 is 21.6 Å². The number of nitrogens with zero attached hydrogens (tertiary/aromatic N) is 3. The van der Waals surface area contributed by atoms with E-state index in [9.17, 15) is 13.2 Å². The van der Waals surface area contributed by atoms with Crippen LogP contribution in [-0.4, -0.2) is 56.4 Å². The Bertz CT molecular complexity index is 978. The van der Waals surface area contributed by atoms with E-state index in [0.29, 0.717) is 0 Å². The molecule has 1 aliphatic rings. The van der Waals surface area contributed by atoms with E-state index in [4.69, 9.17) is 0 Å². The summed E-state index contributed by atoms with van der Waals surface area (Å²) in [6.07, 6.45) is 1.59. The van der Waals surface area contributed by atoms with Crippen molar-refractivity contribution in [2.75, 3.05) is 27.2 Å². The predicted molar refractivity (Wildman–Crippen MR) is 113 cm³/mol. The van der Waals surface area contributed by atoms with Crippen LogP contribution in [0.1, 0.15) is 28.8 Å². The van der Waals surface area contributed by atoms with Crippen LogP contribution in [0.2, 0.25) is 0 Å². The van der Waals surface area contributed by atoms with Crippen molar-refractivity contribution < 1.29 is 13.2 Å². The van der Waals surface area contributed by atoms with Gasteiger partial charge in [-0.1, -0.05) is 36.4 Å². The number of amides is 1. The maximum absolute atomic E-state index is 12.4. The predicted octanol–water partition coefficient (Wildman–Crippen LogP) is 2.32. The Kier molecular flexibility index (Phi) is 6.79. The molecule has 0 aliphatic carbocycles. The zero-order valence-electron chi connectivity index (χ0n) is 16.7. The fourth-order valence-electron chi connectivity index (χ4n) is 3.13. The molecule has 29 heavy (non-hydrogen) atoms. The van der Waals surface area contributed by atoms with Crippen molar-refractivity contribution in [1.82, 2.24) is 14.6 Å². The third-order valence-electron chi connectivity index (χ3n) is 4.87. The van der Waals surface area contributed by atoms with Crippen LogP contribution in [0.25, 0.3) is 0 Å². The molecule has 1 aliphatic heterocycles. The number of hydrogen-bond acceptors (Lipinski definition) is 5. The summed E-state index contributed by atoms with van der Waals surface area (Å²) in [5.41, 5.74) is 5.06. The smallest absolute Gasteiger partial charge is 0.271 e. The lowest BCUT2D eigenvalue weighted by atomic mass is 10.1. The SMILES string of the molecule is CN(C)S(=O)(=O)c1cccc(C(=O)NN=C2CCN(Cc3ccccc3)CC2)c1. The fourth-order valence-corrected chi connectivity index (χ4v) is 4.07. The zero-order chi connectivity index (χ0) is 20.9. The highest BCUT2D eigenvalue weighted by molar-refractivity contribution is 7.89. The second-order valence-electron chi connectivity index (χ2n) is 7.20. The van der Waals surface area contributed by atoms with Gasteiger partial charge in [-0.05, 0) is 23.8 Å². The van der Waals surface area contributed by atoms with Crippen molar-refractivity contribution in [3.8, 4) is 0 Å². The van der Waals surface area contributed by atoms with Crippen LogP contribution in [0.4, 0.5) is 0 Å². The molecule has 0 spiro atoms. The van der Waals surface area contributed by atoms with Gasteiger partial charge >= 0.3 is 0 Å². The molecule has 0 bridgehead atoms. The molecule has 2 aromatic rings. The molecule has 1 heterocycles. The van der Waals surface area contributed by atoms with Gasteiger partial charge < -0.3 is 0 Å². The highest BCUT2D eigenvalue weighted by Crippen LogP contribution is 2.15. The average Bonchev–Trinajstić information content (AvgIpc) is 2.73. The Morgan fingerprint density at radius 2 is 1.76 bits per heavy atom. The zero-order valence-corrected chi connectivity index (χ0v) is 17.5. The summed E-state index contributed by atoms with van der Waals surface area (Å²) in [5.74, 6) is -0.417. The van der Waals surface area contributed by atoms with Gasteiger partial charge in [-0.25, -0.2) is 18.1 Å². The van der Waals surface area contributed by atoms with Gasteiger partial charge in [0.15, 0.2) is 0 Å². The third-order valence-corrected chi connectivity index (χ3v) is 6.68. The highest BCUT2D eigenvalue weighted by atomic mass is 32.2. The summed E-state index contributed by atoms with van der Waals surface area (Å²) >= 11 is 0. The molecule has 1 fully saturated rings.